The number of carbonyl (C=O) groups is 5. The van der Waals surface area contributed by atoms with Gasteiger partial charge in [-0.05, 0) is 81.7 Å². The van der Waals surface area contributed by atoms with Crippen molar-refractivity contribution in [1.29, 1.82) is 0 Å². The topological polar surface area (TPSA) is 183 Å². The summed E-state index contributed by atoms with van der Waals surface area (Å²) in [5, 5.41) is 19.5. The average Bonchev–Trinajstić information content (AvgIpc) is 3.13. The predicted octanol–water partition coefficient (Wildman–Crippen LogP) is 5.24. The Labute approximate surface area is 324 Å². The first-order valence-electron chi connectivity index (χ1n) is 18.0. The van der Waals surface area contributed by atoms with Crippen LogP contribution in [0.1, 0.15) is 69.4 Å². The number of aliphatic carboxylic acids is 1. The number of nitrogens with one attached hydrogen (secondary N) is 4. The highest BCUT2D eigenvalue weighted by Crippen LogP contribution is 2.35. The zero-order chi connectivity index (χ0) is 40.1. The minimum atomic E-state index is -5.08. The Bertz CT molecular complexity index is 1520. The van der Waals surface area contributed by atoms with Gasteiger partial charge in [0.2, 0.25) is 17.7 Å². The molecule has 1 heterocycles. The van der Waals surface area contributed by atoms with E-state index in [0.29, 0.717) is 81.3 Å². The molecule has 300 valence electrons. The minimum Gasteiger partial charge on any atom is -0.475 e. The van der Waals surface area contributed by atoms with E-state index >= 15 is 0 Å². The van der Waals surface area contributed by atoms with E-state index < -0.39 is 29.6 Å². The molecular weight excluding hydrogens is 752 g/mol. The van der Waals surface area contributed by atoms with Gasteiger partial charge >= 0.3 is 18.2 Å². The van der Waals surface area contributed by atoms with Crippen LogP contribution in [0.3, 0.4) is 0 Å². The van der Waals surface area contributed by atoms with Crippen molar-refractivity contribution in [3.05, 3.63) is 69.7 Å². The first kappa shape index (κ1) is 46.1. The molecule has 1 saturated heterocycles. The molecule has 7 N–H and O–H groups in total. The molecule has 12 nitrogen and oxygen atoms in total. The molecule has 0 aliphatic carbocycles. The number of piperidine rings is 1. The van der Waals surface area contributed by atoms with Gasteiger partial charge in [0.15, 0.2) is 0 Å². The van der Waals surface area contributed by atoms with Gasteiger partial charge in [-0.25, -0.2) is 9.59 Å². The van der Waals surface area contributed by atoms with Crippen molar-refractivity contribution in [2.45, 2.75) is 83.4 Å². The molecule has 0 bridgehead atoms. The van der Waals surface area contributed by atoms with Crippen LogP contribution in [0.15, 0.2) is 48.5 Å². The maximum absolute atomic E-state index is 14.1. The second-order valence-corrected chi connectivity index (χ2v) is 13.8. The largest absolute Gasteiger partial charge is 0.490 e. The van der Waals surface area contributed by atoms with Crippen molar-refractivity contribution in [1.82, 2.24) is 26.2 Å². The number of amides is 5. The smallest absolute Gasteiger partial charge is 0.475 e. The summed E-state index contributed by atoms with van der Waals surface area (Å²) in [6.45, 7) is 4.65. The van der Waals surface area contributed by atoms with E-state index in [-0.39, 0.29) is 30.7 Å². The number of likely N-dealkylation sites (tertiary alicyclic amines) is 1. The van der Waals surface area contributed by atoms with E-state index in [1.165, 1.54) is 0 Å². The summed E-state index contributed by atoms with van der Waals surface area (Å²) in [6, 6.07) is 13.6. The molecule has 17 heteroatoms. The number of hydrogen-bond acceptors (Lipinski definition) is 6. The van der Waals surface area contributed by atoms with Crippen LogP contribution in [-0.4, -0.2) is 91.2 Å². The first-order valence-corrected chi connectivity index (χ1v) is 18.7. The third-order valence-corrected chi connectivity index (χ3v) is 9.42. The number of carboxylic acids is 1. The monoisotopic (exact) mass is 802 g/mol. The number of carboxylic acid groups (broad SMARTS) is 1. The zero-order valence-electron chi connectivity index (χ0n) is 30.4. The third kappa shape index (κ3) is 16.5. The van der Waals surface area contributed by atoms with Crippen LogP contribution in [-0.2, 0) is 32.0 Å². The van der Waals surface area contributed by atoms with E-state index in [4.69, 9.17) is 38.8 Å². The third-order valence-electron chi connectivity index (χ3n) is 8.68. The second kappa shape index (κ2) is 23.6. The Kier molecular flexibility index (Phi) is 20.2. The summed E-state index contributed by atoms with van der Waals surface area (Å²) >= 11 is 12.4. The van der Waals surface area contributed by atoms with Crippen molar-refractivity contribution in [3.8, 4) is 0 Å². The molecule has 0 saturated carbocycles. The lowest BCUT2D eigenvalue weighted by Gasteiger charge is -2.43. The van der Waals surface area contributed by atoms with Gasteiger partial charge in [-0.1, -0.05) is 66.0 Å². The number of nitrogens with zero attached hydrogens (tertiary/aromatic N) is 1. The number of rotatable bonds is 18. The molecule has 1 aliphatic rings. The van der Waals surface area contributed by atoms with Crippen LogP contribution in [0.25, 0.3) is 0 Å². The van der Waals surface area contributed by atoms with Gasteiger partial charge in [0, 0.05) is 45.6 Å². The van der Waals surface area contributed by atoms with Gasteiger partial charge in [0.25, 0.3) is 0 Å². The number of carbonyl (C=O) groups excluding carboxylic acids is 4. The molecule has 2 aromatic rings. The summed E-state index contributed by atoms with van der Waals surface area (Å²) in [5.41, 5.74) is 6.47. The van der Waals surface area contributed by atoms with Crippen LogP contribution in [0.4, 0.5) is 18.0 Å². The highest BCUT2D eigenvalue weighted by molar-refractivity contribution is 6.42. The lowest BCUT2D eigenvalue weighted by atomic mass is 9.74. The number of unbranched alkanes of at least 4 members (excludes halogenated alkanes) is 3. The first-order chi connectivity index (χ1) is 25.6. The molecule has 1 fully saturated rings. The van der Waals surface area contributed by atoms with Crippen molar-refractivity contribution in [2.24, 2.45) is 11.1 Å². The van der Waals surface area contributed by atoms with Crippen LogP contribution in [0.2, 0.25) is 10.0 Å². The van der Waals surface area contributed by atoms with E-state index in [2.05, 4.69) is 21.3 Å². The summed E-state index contributed by atoms with van der Waals surface area (Å²) in [7, 11) is 0. The average molecular weight is 804 g/mol. The molecule has 5 amide bonds. The van der Waals surface area contributed by atoms with E-state index in [0.717, 1.165) is 30.4 Å². The van der Waals surface area contributed by atoms with Gasteiger partial charge < -0.3 is 37.0 Å². The van der Waals surface area contributed by atoms with Crippen LogP contribution < -0.4 is 27.0 Å². The Balaban J connectivity index is 0.00000131. The van der Waals surface area contributed by atoms with Gasteiger partial charge in [0.05, 0.1) is 15.5 Å². The Hall–Kier alpha value is -4.08. The molecule has 54 heavy (non-hydrogen) atoms. The zero-order valence-corrected chi connectivity index (χ0v) is 31.9. The number of hydrogen-bond donors (Lipinski definition) is 6. The van der Waals surface area contributed by atoms with Gasteiger partial charge in [0.1, 0.15) is 6.04 Å². The van der Waals surface area contributed by atoms with Crippen LogP contribution in [0, 0.1) is 5.41 Å². The van der Waals surface area contributed by atoms with Crippen molar-refractivity contribution >= 4 is 52.9 Å². The second-order valence-electron chi connectivity index (χ2n) is 13.0. The number of halogens is 5. The molecule has 0 radical (unpaired) electrons. The van der Waals surface area contributed by atoms with Crippen molar-refractivity contribution < 1.29 is 42.3 Å². The number of benzene rings is 2. The summed E-state index contributed by atoms with van der Waals surface area (Å²) < 4.78 is 31.7. The summed E-state index contributed by atoms with van der Waals surface area (Å²) in [5.74, 6) is -3.07. The van der Waals surface area contributed by atoms with Gasteiger partial charge in [-0.2, -0.15) is 13.2 Å². The number of nitrogens with two attached hydrogens (primary N) is 1. The molecule has 2 atom stereocenters. The number of urea groups is 1. The normalized spacial score (nSPS) is 15.9. The highest BCUT2D eigenvalue weighted by Gasteiger charge is 2.44. The summed E-state index contributed by atoms with van der Waals surface area (Å²) in [4.78, 5) is 63.3. The molecule has 0 aromatic heterocycles. The fourth-order valence-electron chi connectivity index (χ4n) is 5.97. The molecule has 3 rings (SSSR count). The highest BCUT2D eigenvalue weighted by atomic mass is 35.5. The maximum Gasteiger partial charge on any atom is 0.490 e. The Morgan fingerprint density at radius 1 is 0.907 bits per heavy atom. The van der Waals surface area contributed by atoms with Gasteiger partial charge in [-0.15, -0.1) is 0 Å². The molecular formula is C37H51Cl2F3N6O6. The number of alkyl halides is 3. The lowest BCUT2D eigenvalue weighted by molar-refractivity contribution is -0.192. The lowest BCUT2D eigenvalue weighted by Crippen LogP contribution is -2.59. The SMILES string of the molecule is CCNC(=O)[C@]1(Cc2ccccc2)CCCN(C(=O)C(Cc2ccc(Cl)c(Cl)c2)NC(=O)NCCCCNC(=O)CCCCCN)C1.O=C(O)C(F)(F)F. The molecule has 1 unspecified atom stereocenters. The maximum atomic E-state index is 14.1. The minimum absolute atomic E-state index is 0.0223. The standard InChI is InChI=1S/C35H50Cl2N6O4.C2HF3O2/c1-2-39-33(46)35(24-26-12-5-3-6-13-26)17-11-21-43(25-35)32(45)30(23-27-15-16-28(36)29(37)22-27)42-34(47)41-20-10-9-19-40-31(44)14-7-4-8-18-38;3-2(4,5)1(6)7/h3,5-6,12-13,15-16,22,30H,2,4,7-11,14,17-21,23-25,38H2,1H3,(H,39,46)(H,40,44)(H2,41,42,47);(H,6,7)/t30?,35-;/m0./s1. The fourth-order valence-corrected chi connectivity index (χ4v) is 6.29. The fraction of sp³-hybridized carbons (Fsp3) is 0.541. The molecule has 0 spiro atoms. The van der Waals surface area contributed by atoms with Crippen LogP contribution in [0.5, 0.6) is 0 Å². The summed E-state index contributed by atoms with van der Waals surface area (Å²) in [6.07, 6.45) is 1.47. The Morgan fingerprint density at radius 2 is 1.57 bits per heavy atom. The predicted molar refractivity (Wildman–Crippen MR) is 201 cm³/mol. The molecule has 1 aliphatic heterocycles. The Morgan fingerprint density at radius 3 is 2.19 bits per heavy atom. The van der Waals surface area contributed by atoms with Crippen molar-refractivity contribution in [2.75, 3.05) is 39.3 Å². The van der Waals surface area contributed by atoms with E-state index in [1.807, 2.05) is 37.3 Å². The van der Waals surface area contributed by atoms with Crippen LogP contribution >= 0.6 is 23.2 Å². The molecule has 2 aromatic carbocycles. The van der Waals surface area contributed by atoms with Crippen molar-refractivity contribution in [3.63, 3.8) is 0 Å². The van der Waals surface area contributed by atoms with E-state index in [9.17, 15) is 32.3 Å². The quantitative estimate of drug-likeness (QED) is 0.111. The van der Waals surface area contributed by atoms with Gasteiger partial charge in [-0.3, -0.25) is 14.4 Å². The van der Waals surface area contributed by atoms with E-state index in [1.54, 1.807) is 23.1 Å².